The van der Waals surface area contributed by atoms with Gasteiger partial charge in [-0.3, -0.25) is 0 Å². The van der Waals surface area contributed by atoms with Crippen molar-refractivity contribution in [3.8, 4) is 0 Å². The van der Waals surface area contributed by atoms with Gasteiger partial charge in [0.1, 0.15) is 0 Å². The highest BCUT2D eigenvalue weighted by molar-refractivity contribution is 4.58. The Labute approximate surface area is 81.6 Å². The molecule has 80 valence electrons. The van der Waals surface area contributed by atoms with Crippen molar-refractivity contribution in [2.24, 2.45) is 5.73 Å². The molecule has 0 aliphatic rings. The van der Waals surface area contributed by atoms with Crippen molar-refractivity contribution in [3.63, 3.8) is 0 Å². The normalized spacial score (nSPS) is 15.7. The zero-order chi connectivity index (χ0) is 10.1. The number of ether oxygens (including phenoxy) is 2. The first-order chi connectivity index (χ1) is 6.24. The fraction of sp³-hybridized carbons (Fsp3) is 1.00. The molecule has 0 aromatic rings. The van der Waals surface area contributed by atoms with Gasteiger partial charge in [-0.15, -0.1) is 0 Å². The van der Waals surface area contributed by atoms with Crippen LogP contribution in [0, 0.1) is 0 Å². The van der Waals surface area contributed by atoms with Crippen molar-refractivity contribution in [3.05, 3.63) is 0 Å². The van der Waals surface area contributed by atoms with Crippen LogP contribution < -0.4 is 5.73 Å². The van der Waals surface area contributed by atoms with E-state index in [-0.39, 0.29) is 6.10 Å². The molecule has 0 saturated carbocycles. The summed E-state index contributed by atoms with van der Waals surface area (Å²) in [6, 6.07) is 0. The molecule has 0 spiro atoms. The van der Waals surface area contributed by atoms with E-state index in [4.69, 9.17) is 15.2 Å². The fourth-order valence-electron chi connectivity index (χ4n) is 1.18. The monoisotopic (exact) mass is 189 g/mol. The van der Waals surface area contributed by atoms with Crippen molar-refractivity contribution in [1.82, 2.24) is 0 Å². The Morgan fingerprint density at radius 2 is 1.92 bits per heavy atom. The van der Waals surface area contributed by atoms with Crippen LogP contribution in [0.2, 0.25) is 0 Å². The van der Waals surface area contributed by atoms with Crippen LogP contribution >= 0.6 is 0 Å². The fourth-order valence-corrected chi connectivity index (χ4v) is 1.18. The molecule has 0 bridgehead atoms. The lowest BCUT2D eigenvalue weighted by molar-refractivity contribution is -0.0337. The van der Waals surface area contributed by atoms with Crippen molar-refractivity contribution in [2.45, 2.75) is 45.8 Å². The summed E-state index contributed by atoms with van der Waals surface area (Å²) in [7, 11) is 0. The number of nitrogens with two attached hydrogens (primary N) is 1. The highest BCUT2D eigenvalue weighted by atomic mass is 16.5. The standard InChI is InChI=1S/C10H23NO2/c1-4-6-9(3)13-8-10(7-11)12-5-2/h9-10H,4-8,11H2,1-3H3. The predicted octanol–water partition coefficient (Wildman–Crippen LogP) is 1.56. The van der Waals surface area contributed by atoms with Gasteiger partial charge in [-0.2, -0.15) is 0 Å². The summed E-state index contributed by atoms with van der Waals surface area (Å²) >= 11 is 0. The summed E-state index contributed by atoms with van der Waals surface area (Å²) in [6.07, 6.45) is 2.63. The van der Waals surface area contributed by atoms with Crippen LogP contribution in [-0.4, -0.2) is 32.0 Å². The molecular weight excluding hydrogens is 166 g/mol. The van der Waals surface area contributed by atoms with Crippen molar-refractivity contribution < 1.29 is 9.47 Å². The third kappa shape index (κ3) is 6.99. The van der Waals surface area contributed by atoms with E-state index < -0.39 is 0 Å². The molecule has 2 atom stereocenters. The van der Waals surface area contributed by atoms with Gasteiger partial charge in [0.2, 0.25) is 0 Å². The molecule has 0 aromatic heterocycles. The maximum absolute atomic E-state index is 5.58. The molecule has 0 aliphatic carbocycles. The Morgan fingerprint density at radius 3 is 2.38 bits per heavy atom. The predicted molar refractivity (Wildman–Crippen MR) is 54.8 cm³/mol. The van der Waals surface area contributed by atoms with Crippen molar-refractivity contribution in [1.29, 1.82) is 0 Å². The molecule has 2 unspecified atom stereocenters. The summed E-state index contributed by atoms with van der Waals surface area (Å²) < 4.78 is 11.0. The van der Waals surface area contributed by atoms with E-state index in [0.29, 0.717) is 25.9 Å². The topological polar surface area (TPSA) is 44.5 Å². The van der Waals surface area contributed by atoms with Crippen LogP contribution in [0.25, 0.3) is 0 Å². The number of rotatable bonds is 8. The highest BCUT2D eigenvalue weighted by Gasteiger charge is 2.08. The Balaban J connectivity index is 3.46. The summed E-state index contributed by atoms with van der Waals surface area (Å²) in [5.74, 6) is 0. The Bertz CT molecular complexity index is 109. The van der Waals surface area contributed by atoms with E-state index >= 15 is 0 Å². The molecule has 0 radical (unpaired) electrons. The first-order valence-electron chi connectivity index (χ1n) is 5.17. The van der Waals surface area contributed by atoms with Crippen molar-refractivity contribution in [2.75, 3.05) is 19.8 Å². The molecule has 0 heterocycles. The van der Waals surface area contributed by atoms with Gasteiger partial charge in [0.05, 0.1) is 18.8 Å². The van der Waals surface area contributed by atoms with Gasteiger partial charge in [-0.1, -0.05) is 13.3 Å². The second-order valence-corrected chi connectivity index (χ2v) is 3.25. The van der Waals surface area contributed by atoms with Gasteiger partial charge in [-0.05, 0) is 20.3 Å². The van der Waals surface area contributed by atoms with Gasteiger partial charge in [0, 0.05) is 13.2 Å². The van der Waals surface area contributed by atoms with Crippen molar-refractivity contribution >= 4 is 0 Å². The Morgan fingerprint density at radius 1 is 1.23 bits per heavy atom. The van der Waals surface area contributed by atoms with Gasteiger partial charge >= 0.3 is 0 Å². The molecule has 2 N–H and O–H groups in total. The Kier molecular flexibility index (Phi) is 8.40. The average Bonchev–Trinajstić information content (AvgIpc) is 2.12. The van der Waals surface area contributed by atoms with Crippen LogP contribution in [0.15, 0.2) is 0 Å². The van der Waals surface area contributed by atoms with Crippen LogP contribution in [0.4, 0.5) is 0 Å². The summed E-state index contributed by atoms with van der Waals surface area (Å²) in [5.41, 5.74) is 5.51. The molecule has 0 saturated heterocycles. The van der Waals surface area contributed by atoms with Gasteiger partial charge in [0.15, 0.2) is 0 Å². The maximum Gasteiger partial charge on any atom is 0.0930 e. The molecular formula is C10H23NO2. The minimum atomic E-state index is 0.0595. The molecule has 0 aromatic carbocycles. The molecule has 0 aliphatic heterocycles. The molecule has 3 nitrogen and oxygen atoms in total. The second-order valence-electron chi connectivity index (χ2n) is 3.25. The maximum atomic E-state index is 5.58. The zero-order valence-corrected chi connectivity index (χ0v) is 9.08. The molecule has 0 fully saturated rings. The van der Waals surface area contributed by atoms with Crippen LogP contribution in [-0.2, 0) is 9.47 Å². The van der Waals surface area contributed by atoms with Gasteiger partial charge in [0.25, 0.3) is 0 Å². The van der Waals surface area contributed by atoms with E-state index in [1.54, 1.807) is 0 Å². The first kappa shape index (κ1) is 12.9. The first-order valence-corrected chi connectivity index (χ1v) is 5.17. The minimum absolute atomic E-state index is 0.0595. The third-order valence-electron chi connectivity index (χ3n) is 1.93. The zero-order valence-electron chi connectivity index (χ0n) is 9.08. The van der Waals surface area contributed by atoms with E-state index in [9.17, 15) is 0 Å². The average molecular weight is 189 g/mol. The number of hydrogen-bond donors (Lipinski definition) is 1. The second kappa shape index (κ2) is 8.48. The quantitative estimate of drug-likeness (QED) is 0.630. The third-order valence-corrected chi connectivity index (χ3v) is 1.93. The van der Waals surface area contributed by atoms with Crippen LogP contribution in [0.3, 0.4) is 0 Å². The molecule has 0 rings (SSSR count). The van der Waals surface area contributed by atoms with E-state index in [1.807, 2.05) is 6.92 Å². The molecule has 3 heteroatoms. The molecule has 13 heavy (non-hydrogen) atoms. The van der Waals surface area contributed by atoms with Crippen LogP contribution in [0.5, 0.6) is 0 Å². The minimum Gasteiger partial charge on any atom is -0.376 e. The van der Waals surface area contributed by atoms with Gasteiger partial charge < -0.3 is 15.2 Å². The smallest absolute Gasteiger partial charge is 0.0930 e. The summed E-state index contributed by atoms with van der Waals surface area (Å²) in [5, 5.41) is 0. The summed E-state index contributed by atoms with van der Waals surface area (Å²) in [4.78, 5) is 0. The van der Waals surface area contributed by atoms with E-state index in [2.05, 4.69) is 13.8 Å². The Hall–Kier alpha value is -0.120. The van der Waals surface area contributed by atoms with Gasteiger partial charge in [-0.25, -0.2) is 0 Å². The summed E-state index contributed by atoms with van der Waals surface area (Å²) in [6.45, 7) is 8.07. The van der Waals surface area contributed by atoms with E-state index in [1.165, 1.54) is 0 Å². The number of hydrogen-bond acceptors (Lipinski definition) is 3. The lowest BCUT2D eigenvalue weighted by Gasteiger charge is -2.18. The lowest BCUT2D eigenvalue weighted by Crippen LogP contribution is -2.30. The lowest BCUT2D eigenvalue weighted by atomic mass is 10.2. The largest absolute Gasteiger partial charge is 0.376 e. The van der Waals surface area contributed by atoms with Crippen LogP contribution in [0.1, 0.15) is 33.6 Å². The highest BCUT2D eigenvalue weighted by Crippen LogP contribution is 2.02. The SMILES string of the molecule is CCCC(C)OCC(CN)OCC. The molecule has 0 amide bonds. The van der Waals surface area contributed by atoms with E-state index in [0.717, 1.165) is 12.8 Å².